The van der Waals surface area contributed by atoms with Crippen molar-refractivity contribution in [2.45, 2.75) is 12.8 Å². The summed E-state index contributed by atoms with van der Waals surface area (Å²) in [5, 5.41) is 2.41. The normalized spacial score (nSPS) is 21.8. The van der Waals surface area contributed by atoms with Gasteiger partial charge in [-0.05, 0) is 25.0 Å². The van der Waals surface area contributed by atoms with Crippen molar-refractivity contribution < 1.29 is 23.3 Å². The quantitative estimate of drug-likeness (QED) is 0.713. The highest BCUT2D eigenvalue weighted by Crippen LogP contribution is 2.14. The van der Waals surface area contributed by atoms with Crippen molar-refractivity contribution in [3.05, 3.63) is 29.8 Å². The van der Waals surface area contributed by atoms with Crippen molar-refractivity contribution in [1.82, 2.24) is 0 Å². The number of anilines is 1. The number of nitrogens with two attached hydrogens (primary N) is 1. The van der Waals surface area contributed by atoms with Gasteiger partial charge in [-0.25, -0.2) is 8.78 Å². The maximum atomic E-state index is 13.4. The molecule has 0 radical (unpaired) electrons. The van der Waals surface area contributed by atoms with Gasteiger partial charge in [0.15, 0.2) is 6.54 Å². The van der Waals surface area contributed by atoms with Crippen LogP contribution in [0.25, 0.3) is 0 Å². The lowest BCUT2D eigenvalue weighted by molar-refractivity contribution is -0.899. The van der Waals surface area contributed by atoms with E-state index in [-0.39, 0.29) is 30.0 Å². The number of likely N-dealkylation sites (tertiary alicyclic amines) is 1. The number of carbonyl (C=O) groups is 2. The van der Waals surface area contributed by atoms with E-state index in [4.69, 9.17) is 5.73 Å². The van der Waals surface area contributed by atoms with Crippen LogP contribution in [0.3, 0.4) is 0 Å². The predicted octanol–water partition coefficient (Wildman–Crippen LogP) is -0.316. The zero-order valence-corrected chi connectivity index (χ0v) is 11.5. The highest BCUT2D eigenvalue weighted by molar-refractivity contribution is 5.91. The van der Waals surface area contributed by atoms with E-state index >= 15 is 0 Å². The van der Waals surface area contributed by atoms with Crippen molar-refractivity contribution in [3.8, 4) is 0 Å². The van der Waals surface area contributed by atoms with Crippen molar-refractivity contribution >= 4 is 17.5 Å². The molecule has 2 amide bonds. The molecule has 1 aliphatic heterocycles. The molecule has 0 spiro atoms. The highest BCUT2D eigenvalue weighted by atomic mass is 19.1. The lowest BCUT2D eigenvalue weighted by atomic mass is 9.97. The SMILES string of the molecule is NC(=O)[C@@H]1CCC[NH+](CC(=O)Nc2ccc(F)cc2F)C1. The number of primary amides is 1. The standard InChI is InChI=1S/C14H17F2N3O2/c15-10-3-4-12(11(16)6-10)18-13(20)8-19-5-1-2-9(7-19)14(17)21/h3-4,6,9H,1-2,5,7-8H2,(H2,17,21)(H,18,20)/p+1/t9-/m1/s1. The second-order valence-corrected chi connectivity index (χ2v) is 5.29. The first-order chi connectivity index (χ1) is 9.95. The van der Waals surface area contributed by atoms with Crippen LogP contribution in [0, 0.1) is 17.6 Å². The maximum Gasteiger partial charge on any atom is 0.279 e. The first-order valence-electron chi connectivity index (χ1n) is 6.83. The first kappa shape index (κ1) is 15.4. The fourth-order valence-corrected chi connectivity index (χ4v) is 2.57. The third-order valence-corrected chi connectivity index (χ3v) is 3.64. The van der Waals surface area contributed by atoms with Crippen LogP contribution in [-0.2, 0) is 9.59 Å². The van der Waals surface area contributed by atoms with Gasteiger partial charge in [-0.1, -0.05) is 0 Å². The molecule has 0 aliphatic carbocycles. The topological polar surface area (TPSA) is 76.6 Å². The van der Waals surface area contributed by atoms with Gasteiger partial charge in [0.25, 0.3) is 5.91 Å². The van der Waals surface area contributed by atoms with E-state index in [1.807, 2.05) is 0 Å². The maximum absolute atomic E-state index is 13.4. The van der Waals surface area contributed by atoms with Crippen LogP contribution in [0.1, 0.15) is 12.8 Å². The molecule has 1 aromatic carbocycles. The second kappa shape index (κ2) is 6.62. The summed E-state index contributed by atoms with van der Waals surface area (Å²) in [5.74, 6) is -2.45. The summed E-state index contributed by atoms with van der Waals surface area (Å²) >= 11 is 0. The molecule has 1 unspecified atom stereocenters. The van der Waals surface area contributed by atoms with Gasteiger partial charge >= 0.3 is 0 Å². The van der Waals surface area contributed by atoms with Gasteiger partial charge in [-0.3, -0.25) is 9.59 Å². The molecule has 0 bridgehead atoms. The summed E-state index contributed by atoms with van der Waals surface area (Å²) in [5.41, 5.74) is 5.23. The van der Waals surface area contributed by atoms with E-state index in [1.54, 1.807) is 0 Å². The lowest BCUT2D eigenvalue weighted by Crippen LogP contribution is -3.14. The molecule has 4 N–H and O–H groups in total. The Kier molecular flexibility index (Phi) is 4.85. The molecule has 1 aliphatic rings. The second-order valence-electron chi connectivity index (χ2n) is 5.29. The average molecular weight is 298 g/mol. The Morgan fingerprint density at radius 3 is 2.81 bits per heavy atom. The molecular weight excluding hydrogens is 280 g/mol. The highest BCUT2D eigenvalue weighted by Gasteiger charge is 2.28. The number of halogens is 2. The van der Waals surface area contributed by atoms with Crippen LogP contribution in [0.15, 0.2) is 18.2 Å². The molecule has 0 saturated carbocycles. The number of hydrogen-bond donors (Lipinski definition) is 3. The van der Waals surface area contributed by atoms with Crippen LogP contribution >= 0.6 is 0 Å². The van der Waals surface area contributed by atoms with Crippen molar-refractivity contribution in [2.24, 2.45) is 11.7 Å². The molecule has 114 valence electrons. The van der Waals surface area contributed by atoms with Crippen molar-refractivity contribution in [3.63, 3.8) is 0 Å². The van der Waals surface area contributed by atoms with Gasteiger partial charge in [-0.2, -0.15) is 0 Å². The Hall–Kier alpha value is -2.02. The molecular formula is C14H18F2N3O2+. The minimum Gasteiger partial charge on any atom is -0.369 e. The largest absolute Gasteiger partial charge is 0.369 e. The number of benzene rings is 1. The van der Waals surface area contributed by atoms with Crippen molar-refractivity contribution in [1.29, 1.82) is 0 Å². The van der Waals surface area contributed by atoms with E-state index in [2.05, 4.69) is 5.32 Å². The molecule has 1 heterocycles. The summed E-state index contributed by atoms with van der Waals surface area (Å²) in [7, 11) is 0. The summed E-state index contributed by atoms with van der Waals surface area (Å²) in [4.78, 5) is 24.0. The van der Waals surface area contributed by atoms with Crippen LogP contribution in [0.4, 0.5) is 14.5 Å². The van der Waals surface area contributed by atoms with Crippen LogP contribution in [0.2, 0.25) is 0 Å². The third kappa shape index (κ3) is 4.22. The average Bonchev–Trinajstić information content (AvgIpc) is 2.42. The van der Waals surface area contributed by atoms with Crippen LogP contribution < -0.4 is 16.0 Å². The van der Waals surface area contributed by atoms with Crippen LogP contribution in [0.5, 0.6) is 0 Å². The van der Waals surface area contributed by atoms with Gasteiger partial charge in [0.05, 0.1) is 24.7 Å². The number of hydrogen-bond acceptors (Lipinski definition) is 2. The van der Waals surface area contributed by atoms with Gasteiger partial charge in [-0.15, -0.1) is 0 Å². The predicted molar refractivity (Wildman–Crippen MR) is 72.5 cm³/mol. The fraction of sp³-hybridized carbons (Fsp3) is 0.429. The Morgan fingerprint density at radius 2 is 2.14 bits per heavy atom. The zero-order valence-electron chi connectivity index (χ0n) is 11.5. The smallest absolute Gasteiger partial charge is 0.279 e. The molecule has 1 saturated heterocycles. The molecule has 0 aromatic heterocycles. The number of nitrogens with one attached hydrogen (secondary N) is 2. The summed E-state index contributed by atoms with van der Waals surface area (Å²) in [6.07, 6.45) is 1.56. The Balaban J connectivity index is 1.91. The van der Waals surface area contributed by atoms with Crippen LogP contribution in [-0.4, -0.2) is 31.4 Å². The van der Waals surface area contributed by atoms with E-state index in [0.29, 0.717) is 12.6 Å². The zero-order chi connectivity index (χ0) is 15.4. The lowest BCUT2D eigenvalue weighted by Gasteiger charge is -2.27. The molecule has 21 heavy (non-hydrogen) atoms. The van der Waals surface area contributed by atoms with Gasteiger partial charge in [0, 0.05) is 6.07 Å². The first-order valence-corrected chi connectivity index (χ1v) is 6.83. The summed E-state index contributed by atoms with van der Waals surface area (Å²) in [6, 6.07) is 2.97. The number of piperidine rings is 1. The molecule has 1 fully saturated rings. The fourth-order valence-electron chi connectivity index (χ4n) is 2.57. The minimum absolute atomic E-state index is 0.0516. The van der Waals surface area contributed by atoms with Gasteiger partial charge < -0.3 is 16.0 Å². The van der Waals surface area contributed by atoms with E-state index in [1.165, 1.54) is 6.07 Å². The molecule has 7 heteroatoms. The number of rotatable bonds is 4. The number of amides is 2. The number of carbonyl (C=O) groups excluding carboxylic acids is 2. The molecule has 1 aromatic rings. The Morgan fingerprint density at radius 1 is 1.38 bits per heavy atom. The van der Waals surface area contributed by atoms with Gasteiger partial charge in [0.1, 0.15) is 11.6 Å². The van der Waals surface area contributed by atoms with E-state index in [9.17, 15) is 18.4 Å². The monoisotopic (exact) mass is 298 g/mol. The van der Waals surface area contributed by atoms with Gasteiger partial charge in [0.2, 0.25) is 5.91 Å². The Labute approximate surface area is 121 Å². The van der Waals surface area contributed by atoms with E-state index in [0.717, 1.165) is 30.4 Å². The van der Waals surface area contributed by atoms with Crippen molar-refractivity contribution in [2.75, 3.05) is 25.0 Å². The Bertz CT molecular complexity index is 551. The molecule has 5 nitrogen and oxygen atoms in total. The molecule has 2 rings (SSSR count). The van der Waals surface area contributed by atoms with E-state index < -0.39 is 11.6 Å². The minimum atomic E-state index is -0.813. The number of quaternary nitrogens is 1. The summed E-state index contributed by atoms with van der Waals surface area (Å²) < 4.78 is 26.2. The molecule has 2 atom stereocenters. The summed E-state index contributed by atoms with van der Waals surface area (Å²) in [6.45, 7) is 1.40. The third-order valence-electron chi connectivity index (χ3n) is 3.64.